The van der Waals surface area contributed by atoms with Gasteiger partial charge in [0.15, 0.2) is 11.5 Å². The van der Waals surface area contributed by atoms with E-state index in [1.165, 1.54) is 0 Å². The van der Waals surface area contributed by atoms with Gasteiger partial charge in [0, 0.05) is 24.2 Å². The van der Waals surface area contributed by atoms with Crippen LogP contribution < -0.4 is 5.32 Å². The summed E-state index contributed by atoms with van der Waals surface area (Å²) in [4.78, 5) is 12.2. The Morgan fingerprint density at radius 2 is 2.17 bits per heavy atom. The van der Waals surface area contributed by atoms with Crippen LogP contribution in [0.2, 0.25) is 0 Å². The summed E-state index contributed by atoms with van der Waals surface area (Å²) in [5, 5.41) is 20.3. The van der Waals surface area contributed by atoms with Crippen molar-refractivity contribution in [3.8, 4) is 0 Å². The molecule has 2 heterocycles. The van der Waals surface area contributed by atoms with Crippen LogP contribution in [0.5, 0.6) is 0 Å². The van der Waals surface area contributed by atoms with Crippen molar-refractivity contribution in [2.45, 2.75) is 40.2 Å². The molecule has 7 heteroatoms. The van der Waals surface area contributed by atoms with Gasteiger partial charge in [-0.25, -0.2) is 0 Å². The summed E-state index contributed by atoms with van der Waals surface area (Å²) in [6.45, 7) is 6.85. The molecule has 2 N–H and O–H groups in total. The summed E-state index contributed by atoms with van der Waals surface area (Å²) >= 11 is 0. The number of aryl methyl sites for hydroxylation is 1. The van der Waals surface area contributed by atoms with Gasteiger partial charge in [-0.3, -0.25) is 9.48 Å². The molecular weight excluding hydrogens is 296 g/mol. The molecule has 126 valence electrons. The van der Waals surface area contributed by atoms with E-state index in [9.17, 15) is 9.90 Å². The maximum Gasteiger partial charge on any atom is 0.273 e. The van der Waals surface area contributed by atoms with Crippen molar-refractivity contribution in [1.82, 2.24) is 20.3 Å². The van der Waals surface area contributed by atoms with E-state index in [-0.39, 0.29) is 23.6 Å². The number of hydrogen-bond donors (Lipinski definition) is 2. The van der Waals surface area contributed by atoms with Gasteiger partial charge in [-0.05, 0) is 25.3 Å². The summed E-state index contributed by atoms with van der Waals surface area (Å²) in [5.41, 5.74) is 1.01. The summed E-state index contributed by atoms with van der Waals surface area (Å²) < 4.78 is 6.91. The summed E-state index contributed by atoms with van der Waals surface area (Å²) in [7, 11) is 0. The van der Waals surface area contributed by atoms with Crippen molar-refractivity contribution in [2.75, 3.05) is 13.2 Å². The van der Waals surface area contributed by atoms with Crippen LogP contribution in [-0.2, 0) is 6.54 Å². The molecule has 2 aromatic heterocycles. The predicted octanol–water partition coefficient (Wildman–Crippen LogP) is 1.76. The van der Waals surface area contributed by atoms with Gasteiger partial charge in [0.2, 0.25) is 0 Å². The van der Waals surface area contributed by atoms with Gasteiger partial charge in [-0.1, -0.05) is 19.0 Å². The number of aliphatic hydroxyl groups excluding tert-OH is 1. The fourth-order valence-corrected chi connectivity index (χ4v) is 2.35. The van der Waals surface area contributed by atoms with Gasteiger partial charge in [0.1, 0.15) is 6.54 Å². The van der Waals surface area contributed by atoms with E-state index in [2.05, 4.69) is 15.6 Å². The highest BCUT2D eigenvalue weighted by molar-refractivity contribution is 5.92. The average molecular weight is 320 g/mol. The number of nitrogens with one attached hydrogen (secondary N) is 1. The highest BCUT2D eigenvalue weighted by atomic mass is 16.5. The third-order valence-electron chi connectivity index (χ3n) is 4.33. The van der Waals surface area contributed by atoms with Gasteiger partial charge >= 0.3 is 0 Å². The van der Waals surface area contributed by atoms with Crippen molar-refractivity contribution >= 4 is 5.91 Å². The summed E-state index contributed by atoms with van der Waals surface area (Å²) in [5.74, 6) is 0.272. The first-order valence-electron chi connectivity index (χ1n) is 7.85. The zero-order valence-corrected chi connectivity index (χ0v) is 13.9. The molecule has 0 aliphatic carbocycles. The SMILES string of the molecule is CCC(CC)(CO)CNC(=O)c1cc(Cn2cc(C)cn2)on1. The molecule has 0 saturated heterocycles. The normalized spacial score (nSPS) is 11.7. The molecule has 0 fully saturated rings. The molecule has 7 nitrogen and oxygen atoms in total. The number of amides is 1. The van der Waals surface area contributed by atoms with Gasteiger partial charge in [0.25, 0.3) is 5.91 Å². The number of aliphatic hydroxyl groups is 1. The van der Waals surface area contributed by atoms with Crippen molar-refractivity contribution in [1.29, 1.82) is 0 Å². The van der Waals surface area contributed by atoms with E-state index in [0.717, 1.165) is 18.4 Å². The standard InChI is InChI=1S/C16H24N4O3/c1-4-16(5-2,11-21)10-17-15(22)14-6-13(23-19-14)9-20-8-12(3)7-18-20/h6-8,21H,4-5,9-11H2,1-3H3,(H,17,22). The molecular formula is C16H24N4O3. The molecule has 0 bridgehead atoms. The fraction of sp³-hybridized carbons (Fsp3) is 0.562. The lowest BCUT2D eigenvalue weighted by molar-refractivity contribution is 0.0843. The number of hydrogen-bond acceptors (Lipinski definition) is 5. The second-order valence-electron chi connectivity index (χ2n) is 5.94. The first-order valence-corrected chi connectivity index (χ1v) is 7.85. The molecule has 2 aromatic rings. The lowest BCUT2D eigenvalue weighted by atomic mass is 9.83. The Labute approximate surface area is 135 Å². The Kier molecular flexibility index (Phi) is 5.54. The summed E-state index contributed by atoms with van der Waals surface area (Å²) in [6, 6.07) is 1.62. The van der Waals surface area contributed by atoms with Crippen LogP contribution >= 0.6 is 0 Å². The number of rotatable bonds is 8. The second kappa shape index (κ2) is 7.41. The number of carbonyl (C=O) groups is 1. The molecule has 0 saturated carbocycles. The van der Waals surface area contributed by atoms with Crippen LogP contribution in [0.4, 0.5) is 0 Å². The van der Waals surface area contributed by atoms with Gasteiger partial charge < -0.3 is 14.9 Å². The highest BCUT2D eigenvalue weighted by Crippen LogP contribution is 2.24. The van der Waals surface area contributed by atoms with Gasteiger partial charge in [-0.2, -0.15) is 5.10 Å². The smallest absolute Gasteiger partial charge is 0.273 e. The minimum absolute atomic E-state index is 0.0446. The van der Waals surface area contributed by atoms with Crippen molar-refractivity contribution in [2.24, 2.45) is 5.41 Å². The lowest BCUT2D eigenvalue weighted by Gasteiger charge is -2.29. The number of nitrogens with zero attached hydrogens (tertiary/aromatic N) is 3. The van der Waals surface area contributed by atoms with E-state index >= 15 is 0 Å². The molecule has 0 aromatic carbocycles. The number of aromatic nitrogens is 3. The van der Waals surface area contributed by atoms with Crippen LogP contribution in [0, 0.1) is 12.3 Å². The Balaban J connectivity index is 1.95. The third kappa shape index (κ3) is 4.19. The fourth-order valence-electron chi connectivity index (χ4n) is 2.35. The summed E-state index contributed by atoms with van der Waals surface area (Å²) in [6.07, 6.45) is 5.24. The van der Waals surface area contributed by atoms with E-state index in [1.807, 2.05) is 27.0 Å². The van der Waals surface area contributed by atoms with Crippen LogP contribution in [0.1, 0.15) is 48.5 Å². The lowest BCUT2D eigenvalue weighted by Crippen LogP contribution is -2.39. The molecule has 0 spiro atoms. The number of carbonyl (C=O) groups excluding carboxylic acids is 1. The van der Waals surface area contributed by atoms with Crippen molar-refractivity contribution in [3.05, 3.63) is 35.5 Å². The molecule has 0 unspecified atom stereocenters. The van der Waals surface area contributed by atoms with Crippen LogP contribution in [-0.4, -0.2) is 39.1 Å². The van der Waals surface area contributed by atoms with Gasteiger partial charge in [0.05, 0.1) is 12.8 Å². The molecule has 0 atom stereocenters. The zero-order chi connectivity index (χ0) is 16.9. The minimum atomic E-state index is -0.295. The van der Waals surface area contributed by atoms with Crippen molar-refractivity contribution in [3.63, 3.8) is 0 Å². The first-order chi connectivity index (χ1) is 11.0. The second-order valence-corrected chi connectivity index (χ2v) is 5.94. The zero-order valence-electron chi connectivity index (χ0n) is 13.9. The maximum atomic E-state index is 12.2. The van der Waals surface area contributed by atoms with Crippen LogP contribution in [0.15, 0.2) is 23.0 Å². The van der Waals surface area contributed by atoms with E-state index in [0.29, 0.717) is 18.8 Å². The Bertz CT molecular complexity index is 635. The topological polar surface area (TPSA) is 93.2 Å². The van der Waals surface area contributed by atoms with E-state index in [1.54, 1.807) is 16.9 Å². The molecule has 23 heavy (non-hydrogen) atoms. The van der Waals surface area contributed by atoms with E-state index < -0.39 is 0 Å². The monoisotopic (exact) mass is 320 g/mol. The Morgan fingerprint density at radius 3 is 2.74 bits per heavy atom. The Hall–Kier alpha value is -2.15. The minimum Gasteiger partial charge on any atom is -0.396 e. The molecule has 0 aliphatic rings. The quantitative estimate of drug-likeness (QED) is 0.773. The van der Waals surface area contributed by atoms with Crippen LogP contribution in [0.3, 0.4) is 0 Å². The van der Waals surface area contributed by atoms with Gasteiger partial charge in [-0.15, -0.1) is 0 Å². The third-order valence-corrected chi connectivity index (χ3v) is 4.33. The maximum absolute atomic E-state index is 12.2. The average Bonchev–Trinajstić information content (AvgIpc) is 3.19. The first kappa shape index (κ1) is 17.2. The van der Waals surface area contributed by atoms with Crippen LogP contribution in [0.25, 0.3) is 0 Å². The largest absolute Gasteiger partial charge is 0.396 e. The Morgan fingerprint density at radius 1 is 1.43 bits per heavy atom. The predicted molar refractivity (Wildman–Crippen MR) is 85.0 cm³/mol. The molecule has 0 aliphatic heterocycles. The molecule has 0 radical (unpaired) electrons. The highest BCUT2D eigenvalue weighted by Gasteiger charge is 2.26. The van der Waals surface area contributed by atoms with E-state index in [4.69, 9.17) is 4.52 Å². The molecule has 2 rings (SSSR count). The molecule has 1 amide bonds. The van der Waals surface area contributed by atoms with Crippen molar-refractivity contribution < 1.29 is 14.4 Å².